The molecule has 0 spiro atoms. The quantitative estimate of drug-likeness (QED) is 0.655. The summed E-state index contributed by atoms with van der Waals surface area (Å²) in [6.07, 6.45) is 4.76. The van der Waals surface area contributed by atoms with Gasteiger partial charge >= 0.3 is 0 Å². The predicted octanol–water partition coefficient (Wildman–Crippen LogP) is 0.145. The second kappa shape index (κ2) is 6.59. The summed E-state index contributed by atoms with van der Waals surface area (Å²) < 4.78 is 0. The average Bonchev–Trinajstić information content (AvgIpc) is 2.31. The van der Waals surface area contributed by atoms with Crippen molar-refractivity contribution in [1.82, 2.24) is 10.6 Å². The molecule has 1 fully saturated rings. The highest BCUT2D eigenvalue weighted by Gasteiger charge is 2.25. The van der Waals surface area contributed by atoms with Crippen molar-refractivity contribution in [3.63, 3.8) is 0 Å². The topological polar surface area (TPSA) is 84.2 Å². The van der Waals surface area contributed by atoms with Crippen molar-refractivity contribution in [3.05, 3.63) is 0 Å². The zero-order chi connectivity index (χ0) is 12.8. The Bertz CT molecular complexity index is 281. The first kappa shape index (κ1) is 14.0. The van der Waals surface area contributed by atoms with E-state index < -0.39 is 6.04 Å². The van der Waals surface area contributed by atoms with Crippen LogP contribution in [0.25, 0.3) is 0 Å². The van der Waals surface area contributed by atoms with Crippen LogP contribution < -0.4 is 16.4 Å². The number of carbonyl (C=O) groups excluding carboxylic acids is 2. The van der Waals surface area contributed by atoms with Gasteiger partial charge in [0.1, 0.15) is 6.04 Å². The van der Waals surface area contributed by atoms with E-state index in [0.717, 1.165) is 25.7 Å². The molecule has 0 saturated heterocycles. The van der Waals surface area contributed by atoms with E-state index in [2.05, 4.69) is 10.6 Å². The SMILES string of the molecule is CNC(=O)C(C)NC(=O)CC1CCCCC1N. The van der Waals surface area contributed by atoms with Crippen molar-refractivity contribution in [1.29, 1.82) is 0 Å². The average molecular weight is 241 g/mol. The molecule has 1 aliphatic carbocycles. The standard InChI is InChI=1S/C12H23N3O2/c1-8(12(17)14-2)15-11(16)7-9-5-3-4-6-10(9)13/h8-10H,3-7,13H2,1-2H3,(H,14,17)(H,15,16). The number of carbonyl (C=O) groups is 2. The Morgan fingerprint density at radius 1 is 1.35 bits per heavy atom. The number of nitrogens with one attached hydrogen (secondary N) is 2. The van der Waals surface area contributed by atoms with Crippen LogP contribution in [-0.2, 0) is 9.59 Å². The minimum Gasteiger partial charge on any atom is -0.357 e. The van der Waals surface area contributed by atoms with Crippen LogP contribution in [0.4, 0.5) is 0 Å². The molecular weight excluding hydrogens is 218 g/mol. The number of hydrogen-bond donors (Lipinski definition) is 3. The minimum absolute atomic E-state index is 0.0801. The van der Waals surface area contributed by atoms with Gasteiger partial charge in [-0.15, -0.1) is 0 Å². The van der Waals surface area contributed by atoms with E-state index >= 15 is 0 Å². The first-order valence-electron chi connectivity index (χ1n) is 6.31. The van der Waals surface area contributed by atoms with Crippen LogP contribution in [-0.4, -0.2) is 30.9 Å². The molecule has 4 N–H and O–H groups in total. The van der Waals surface area contributed by atoms with E-state index in [4.69, 9.17) is 5.73 Å². The smallest absolute Gasteiger partial charge is 0.242 e. The summed E-state index contributed by atoms with van der Waals surface area (Å²) in [6, 6.07) is -0.350. The summed E-state index contributed by atoms with van der Waals surface area (Å²) in [5.41, 5.74) is 5.98. The molecule has 5 nitrogen and oxygen atoms in total. The van der Waals surface area contributed by atoms with Gasteiger partial charge in [0.15, 0.2) is 0 Å². The highest BCUT2D eigenvalue weighted by Crippen LogP contribution is 2.25. The molecule has 1 rings (SSSR count). The Kier molecular flexibility index (Phi) is 5.41. The van der Waals surface area contributed by atoms with Gasteiger partial charge in [-0.05, 0) is 25.7 Å². The fraction of sp³-hybridized carbons (Fsp3) is 0.833. The maximum absolute atomic E-state index is 11.7. The summed E-state index contributed by atoms with van der Waals surface area (Å²) in [7, 11) is 1.56. The number of rotatable bonds is 4. The van der Waals surface area contributed by atoms with Gasteiger partial charge in [-0.25, -0.2) is 0 Å². The molecule has 3 unspecified atom stereocenters. The first-order valence-corrected chi connectivity index (χ1v) is 6.31. The van der Waals surface area contributed by atoms with Crippen LogP contribution >= 0.6 is 0 Å². The van der Waals surface area contributed by atoms with Gasteiger partial charge in [-0.1, -0.05) is 12.8 Å². The number of amides is 2. The fourth-order valence-electron chi connectivity index (χ4n) is 2.31. The lowest BCUT2D eigenvalue weighted by molar-refractivity contribution is -0.129. The summed E-state index contributed by atoms with van der Waals surface area (Å²) in [5, 5.41) is 5.20. The maximum atomic E-state index is 11.7. The van der Waals surface area contributed by atoms with Gasteiger partial charge in [0, 0.05) is 19.5 Å². The van der Waals surface area contributed by atoms with Crippen molar-refractivity contribution in [3.8, 4) is 0 Å². The lowest BCUT2D eigenvalue weighted by Crippen LogP contribution is -2.45. The molecule has 3 atom stereocenters. The molecule has 1 saturated carbocycles. The second-order valence-corrected chi connectivity index (χ2v) is 4.82. The summed E-state index contributed by atoms with van der Waals surface area (Å²) in [5.74, 6) is 0.00961. The minimum atomic E-state index is -0.479. The molecule has 0 aromatic heterocycles. The Labute approximate surface area is 103 Å². The van der Waals surface area contributed by atoms with Gasteiger partial charge in [0.2, 0.25) is 11.8 Å². The van der Waals surface area contributed by atoms with Crippen LogP contribution in [0.2, 0.25) is 0 Å². The van der Waals surface area contributed by atoms with E-state index in [1.165, 1.54) is 0 Å². The van der Waals surface area contributed by atoms with Crippen molar-refractivity contribution in [2.45, 2.75) is 51.1 Å². The maximum Gasteiger partial charge on any atom is 0.242 e. The van der Waals surface area contributed by atoms with Gasteiger partial charge in [-0.3, -0.25) is 9.59 Å². The van der Waals surface area contributed by atoms with Gasteiger partial charge in [-0.2, -0.15) is 0 Å². The third-order valence-corrected chi connectivity index (χ3v) is 3.43. The highest BCUT2D eigenvalue weighted by atomic mass is 16.2. The molecule has 2 amide bonds. The van der Waals surface area contributed by atoms with Crippen molar-refractivity contribution in [2.75, 3.05) is 7.05 Å². The Hall–Kier alpha value is -1.10. The molecule has 0 bridgehead atoms. The van der Waals surface area contributed by atoms with E-state index in [1.54, 1.807) is 14.0 Å². The van der Waals surface area contributed by atoms with E-state index in [-0.39, 0.29) is 23.8 Å². The predicted molar refractivity (Wildman–Crippen MR) is 66.2 cm³/mol. The third kappa shape index (κ3) is 4.34. The number of likely N-dealkylation sites (N-methyl/N-ethyl adjacent to an activating group) is 1. The van der Waals surface area contributed by atoms with E-state index in [0.29, 0.717) is 6.42 Å². The van der Waals surface area contributed by atoms with Crippen molar-refractivity contribution < 1.29 is 9.59 Å². The molecule has 0 aliphatic heterocycles. The number of nitrogens with two attached hydrogens (primary N) is 1. The lowest BCUT2D eigenvalue weighted by atomic mass is 9.83. The molecule has 0 heterocycles. The molecule has 17 heavy (non-hydrogen) atoms. The van der Waals surface area contributed by atoms with Crippen LogP contribution in [0.5, 0.6) is 0 Å². The molecule has 0 radical (unpaired) electrons. The zero-order valence-corrected chi connectivity index (χ0v) is 10.7. The van der Waals surface area contributed by atoms with E-state index in [9.17, 15) is 9.59 Å². The highest BCUT2D eigenvalue weighted by molar-refractivity contribution is 5.87. The molecule has 5 heteroatoms. The normalized spacial score (nSPS) is 26.1. The van der Waals surface area contributed by atoms with Crippen LogP contribution in [0.3, 0.4) is 0 Å². The lowest BCUT2D eigenvalue weighted by Gasteiger charge is -2.28. The van der Waals surface area contributed by atoms with Crippen LogP contribution in [0.1, 0.15) is 39.0 Å². The van der Waals surface area contributed by atoms with Crippen molar-refractivity contribution in [2.24, 2.45) is 11.7 Å². The fourth-order valence-corrected chi connectivity index (χ4v) is 2.31. The van der Waals surface area contributed by atoms with E-state index in [1.807, 2.05) is 0 Å². The van der Waals surface area contributed by atoms with Gasteiger partial charge < -0.3 is 16.4 Å². The van der Waals surface area contributed by atoms with Gasteiger partial charge in [0.05, 0.1) is 0 Å². The molecule has 98 valence electrons. The van der Waals surface area contributed by atoms with Crippen LogP contribution in [0.15, 0.2) is 0 Å². The Balaban J connectivity index is 2.35. The summed E-state index contributed by atoms with van der Waals surface area (Å²) >= 11 is 0. The molecule has 0 aromatic carbocycles. The zero-order valence-electron chi connectivity index (χ0n) is 10.7. The van der Waals surface area contributed by atoms with Crippen LogP contribution in [0, 0.1) is 5.92 Å². The van der Waals surface area contributed by atoms with Gasteiger partial charge in [0.25, 0.3) is 0 Å². The monoisotopic (exact) mass is 241 g/mol. The summed E-state index contributed by atoms with van der Waals surface area (Å²) in [4.78, 5) is 23.0. The number of hydrogen-bond acceptors (Lipinski definition) is 3. The largest absolute Gasteiger partial charge is 0.357 e. The molecule has 1 aliphatic rings. The third-order valence-electron chi connectivity index (χ3n) is 3.43. The Morgan fingerprint density at radius 3 is 2.59 bits per heavy atom. The summed E-state index contributed by atoms with van der Waals surface area (Å²) in [6.45, 7) is 1.68. The Morgan fingerprint density at radius 2 is 2.00 bits per heavy atom. The second-order valence-electron chi connectivity index (χ2n) is 4.82. The molecule has 0 aromatic rings. The first-order chi connectivity index (χ1) is 8.04. The molecular formula is C12H23N3O2. The van der Waals surface area contributed by atoms with Crippen molar-refractivity contribution >= 4 is 11.8 Å².